The molecule has 0 rings (SSSR count). The van der Waals surface area contributed by atoms with Gasteiger partial charge in [-0.1, -0.05) is 0 Å². The number of hydrogen-bond donors (Lipinski definition) is 1. The fraction of sp³-hybridized carbons (Fsp3) is 1.00. The van der Waals surface area contributed by atoms with E-state index in [1.807, 2.05) is 0 Å². The number of nitrogens with two attached hydrogens (primary N) is 1. The molecule has 38 valence electrons. The number of rotatable bonds is 1. The van der Waals surface area contributed by atoms with Crippen LogP contribution in [0.1, 0.15) is 0 Å². The second kappa shape index (κ2) is 4.39. The fourth-order valence-corrected chi connectivity index (χ4v) is 0. The van der Waals surface area contributed by atoms with Crippen molar-refractivity contribution in [2.24, 2.45) is 5.73 Å². The van der Waals surface area contributed by atoms with Crippen molar-refractivity contribution < 1.29 is 64.4 Å². The topological polar surface area (TPSA) is 83.2 Å². The zero-order chi connectivity index (χ0) is 5.21. The Morgan fingerprint density at radius 3 is 1.71 bits per heavy atom. The zero-order valence-electron chi connectivity index (χ0n) is 3.92. The summed E-state index contributed by atoms with van der Waals surface area (Å²) in [5, 5.41) is 0. The van der Waals surface area contributed by atoms with Gasteiger partial charge in [0.05, 0.1) is 5.88 Å². The van der Waals surface area contributed by atoms with E-state index >= 15 is 0 Å². The van der Waals surface area contributed by atoms with E-state index in [1.165, 1.54) is 0 Å². The molecule has 0 atom stereocenters. The maximum absolute atomic E-state index is 9.32. The summed E-state index contributed by atoms with van der Waals surface area (Å²) in [6.45, 7) is 0. The maximum Gasteiger partial charge on any atom is 1.00 e. The van der Waals surface area contributed by atoms with Gasteiger partial charge < -0.3 is 10.3 Å². The first-order valence-corrected chi connectivity index (χ1v) is 2.77. The van der Waals surface area contributed by atoms with Crippen molar-refractivity contribution in [1.29, 1.82) is 0 Å². The van der Waals surface area contributed by atoms with Crippen molar-refractivity contribution in [1.82, 2.24) is 0 Å². The molecular formula is CH4KNO3S. The molecule has 6 heteroatoms. The van der Waals surface area contributed by atoms with Crippen molar-refractivity contribution in [2.45, 2.75) is 0 Å². The first-order valence-electron chi connectivity index (χ1n) is 1.20. The van der Waals surface area contributed by atoms with Gasteiger partial charge in [0.1, 0.15) is 10.1 Å². The SMILES string of the molecule is NCS(=O)(=O)[O-].[K+]. The third-order valence-electron chi connectivity index (χ3n) is 0.204. The van der Waals surface area contributed by atoms with Gasteiger partial charge in [-0.25, -0.2) is 8.42 Å². The normalized spacial score (nSPS) is 10.0. The van der Waals surface area contributed by atoms with Crippen LogP contribution in [-0.2, 0) is 10.1 Å². The van der Waals surface area contributed by atoms with E-state index in [2.05, 4.69) is 5.73 Å². The molecule has 0 spiro atoms. The van der Waals surface area contributed by atoms with Gasteiger partial charge in [-0.05, 0) is 0 Å². The average Bonchev–Trinajstić information content (AvgIpc) is 1.35. The third-order valence-corrected chi connectivity index (χ3v) is 0.612. The molecule has 0 bridgehead atoms. The molecule has 0 aliphatic carbocycles. The molecule has 0 saturated heterocycles. The first-order chi connectivity index (χ1) is 2.56. The Hall–Kier alpha value is 1.51. The quantitative estimate of drug-likeness (QED) is 0.300. The maximum atomic E-state index is 9.32. The van der Waals surface area contributed by atoms with Crippen LogP contribution in [0, 0.1) is 0 Å². The molecule has 0 unspecified atom stereocenters. The summed E-state index contributed by atoms with van der Waals surface area (Å²) in [6, 6.07) is 0. The monoisotopic (exact) mass is 149 g/mol. The van der Waals surface area contributed by atoms with Crippen LogP contribution in [0.15, 0.2) is 0 Å². The van der Waals surface area contributed by atoms with Crippen LogP contribution < -0.4 is 57.1 Å². The van der Waals surface area contributed by atoms with Crippen LogP contribution in [0.25, 0.3) is 0 Å². The molecule has 0 amide bonds. The summed E-state index contributed by atoms with van der Waals surface area (Å²) >= 11 is 0. The van der Waals surface area contributed by atoms with E-state index in [4.69, 9.17) is 0 Å². The second-order valence-electron chi connectivity index (χ2n) is 0.724. The van der Waals surface area contributed by atoms with Gasteiger partial charge in [0.15, 0.2) is 0 Å². The van der Waals surface area contributed by atoms with Crippen molar-refractivity contribution in [3.8, 4) is 0 Å². The minimum absolute atomic E-state index is 0. The summed E-state index contributed by atoms with van der Waals surface area (Å²) in [7, 11) is -4.13. The van der Waals surface area contributed by atoms with Gasteiger partial charge >= 0.3 is 51.4 Å². The summed E-state index contributed by atoms with van der Waals surface area (Å²) in [5.41, 5.74) is 4.41. The third kappa shape index (κ3) is 11.2. The van der Waals surface area contributed by atoms with E-state index in [-0.39, 0.29) is 51.4 Å². The van der Waals surface area contributed by atoms with E-state index < -0.39 is 16.0 Å². The second-order valence-corrected chi connectivity index (χ2v) is 2.17. The van der Waals surface area contributed by atoms with Crippen LogP contribution in [0.5, 0.6) is 0 Å². The molecule has 0 aromatic heterocycles. The summed E-state index contributed by atoms with van der Waals surface area (Å²) in [4.78, 5) is 0. The molecule has 4 nitrogen and oxygen atoms in total. The van der Waals surface area contributed by atoms with Crippen LogP contribution >= 0.6 is 0 Å². The van der Waals surface area contributed by atoms with Crippen LogP contribution in [0.2, 0.25) is 0 Å². The summed E-state index contributed by atoms with van der Waals surface area (Å²) in [5.74, 6) is -0.812. The minimum atomic E-state index is -4.13. The average molecular weight is 149 g/mol. The Morgan fingerprint density at radius 2 is 1.71 bits per heavy atom. The standard InChI is InChI=1S/CH5NO3S.K/c2-1-6(3,4)5;/h1-2H2,(H,3,4,5);/q;+1/p-1. The summed E-state index contributed by atoms with van der Waals surface area (Å²) in [6.07, 6.45) is 0. The molecule has 0 heterocycles. The van der Waals surface area contributed by atoms with Crippen molar-refractivity contribution in [3.05, 3.63) is 0 Å². The molecule has 0 saturated carbocycles. The van der Waals surface area contributed by atoms with Crippen molar-refractivity contribution in [2.75, 3.05) is 5.88 Å². The van der Waals surface area contributed by atoms with E-state index in [1.54, 1.807) is 0 Å². The van der Waals surface area contributed by atoms with Gasteiger partial charge in [-0.15, -0.1) is 0 Å². The van der Waals surface area contributed by atoms with E-state index in [9.17, 15) is 13.0 Å². The molecule has 0 fully saturated rings. The minimum Gasteiger partial charge on any atom is -0.747 e. The zero-order valence-corrected chi connectivity index (χ0v) is 7.86. The molecule has 7 heavy (non-hydrogen) atoms. The molecule has 0 aromatic rings. The van der Waals surface area contributed by atoms with Gasteiger partial charge in [-0.3, -0.25) is 0 Å². The Bertz CT molecular complexity index is 117. The predicted molar refractivity (Wildman–Crippen MR) is 18.8 cm³/mol. The Balaban J connectivity index is 0. The Labute approximate surface area is 84.6 Å². The fourth-order valence-electron chi connectivity index (χ4n) is 0. The Kier molecular flexibility index (Phi) is 7.10. The van der Waals surface area contributed by atoms with E-state index in [0.29, 0.717) is 0 Å². The van der Waals surface area contributed by atoms with Crippen molar-refractivity contribution >= 4 is 10.1 Å². The number of hydrogen-bond acceptors (Lipinski definition) is 4. The summed E-state index contributed by atoms with van der Waals surface area (Å²) < 4.78 is 28.0. The van der Waals surface area contributed by atoms with Crippen molar-refractivity contribution in [3.63, 3.8) is 0 Å². The molecule has 0 radical (unpaired) electrons. The van der Waals surface area contributed by atoms with Crippen LogP contribution in [0.4, 0.5) is 0 Å². The van der Waals surface area contributed by atoms with Gasteiger partial charge in [0.25, 0.3) is 0 Å². The molecule has 0 aliphatic rings. The van der Waals surface area contributed by atoms with Crippen LogP contribution in [-0.4, -0.2) is 18.8 Å². The molecular weight excluding hydrogens is 145 g/mol. The largest absolute Gasteiger partial charge is 1.00 e. The first kappa shape index (κ1) is 11.3. The molecule has 2 N–H and O–H groups in total. The molecule has 0 aromatic carbocycles. The smallest absolute Gasteiger partial charge is 0.747 e. The van der Waals surface area contributed by atoms with Gasteiger partial charge in [-0.2, -0.15) is 0 Å². The van der Waals surface area contributed by atoms with E-state index in [0.717, 1.165) is 0 Å². The van der Waals surface area contributed by atoms with Gasteiger partial charge in [0.2, 0.25) is 0 Å². The predicted octanol–water partition coefficient (Wildman–Crippen LogP) is -4.55. The molecule has 0 aliphatic heterocycles. The Morgan fingerprint density at radius 1 is 1.57 bits per heavy atom. The van der Waals surface area contributed by atoms with Crippen LogP contribution in [0.3, 0.4) is 0 Å². The van der Waals surface area contributed by atoms with Gasteiger partial charge in [0, 0.05) is 0 Å².